The van der Waals surface area contributed by atoms with Crippen molar-refractivity contribution in [2.45, 2.75) is 70.4 Å². The minimum absolute atomic E-state index is 0.00540. The summed E-state index contributed by atoms with van der Waals surface area (Å²) in [5, 5.41) is 0. The molecule has 3 nitrogen and oxygen atoms in total. The molecule has 2 aromatic rings. The normalized spacial score (nSPS) is 19.6. The number of amides is 1. The van der Waals surface area contributed by atoms with E-state index in [0.29, 0.717) is 5.56 Å². The maximum Gasteiger partial charge on any atom is 0.254 e. The fourth-order valence-electron chi connectivity index (χ4n) is 5.43. The van der Waals surface area contributed by atoms with Crippen LogP contribution in [-0.2, 0) is 6.42 Å². The number of halogens is 1. The molecule has 172 valence electrons. The van der Waals surface area contributed by atoms with Crippen LogP contribution >= 0.6 is 0 Å². The third kappa shape index (κ3) is 5.58. The van der Waals surface area contributed by atoms with Crippen molar-refractivity contribution in [3.8, 4) is 0 Å². The molecule has 1 atom stereocenters. The van der Waals surface area contributed by atoms with Crippen molar-refractivity contribution in [3.05, 3.63) is 71.0 Å². The summed E-state index contributed by atoms with van der Waals surface area (Å²) in [6.45, 7) is 4.47. The van der Waals surface area contributed by atoms with E-state index in [2.05, 4.69) is 17.0 Å². The zero-order chi connectivity index (χ0) is 22.5. The van der Waals surface area contributed by atoms with E-state index < -0.39 is 0 Å². The number of hydrogen-bond donors (Lipinski definition) is 0. The van der Waals surface area contributed by atoms with E-state index in [0.717, 1.165) is 23.9 Å². The SMILES string of the molecule is C[C@@H](c1ccc(F)cc1)N(C)C(=O)c1ccc(CC2CCN(C3CCCCC3)CC2)cc1. The first-order chi connectivity index (χ1) is 15.5. The monoisotopic (exact) mass is 436 g/mol. The fraction of sp³-hybridized carbons (Fsp3) is 0.536. The third-order valence-corrected chi connectivity index (χ3v) is 7.72. The summed E-state index contributed by atoms with van der Waals surface area (Å²) in [4.78, 5) is 17.4. The van der Waals surface area contributed by atoms with Gasteiger partial charge in [-0.1, -0.05) is 43.5 Å². The Bertz CT molecular complexity index is 865. The predicted octanol–water partition coefficient (Wildman–Crippen LogP) is 6.25. The highest BCUT2D eigenvalue weighted by molar-refractivity contribution is 5.94. The quantitative estimate of drug-likeness (QED) is 0.535. The molecule has 32 heavy (non-hydrogen) atoms. The summed E-state index contributed by atoms with van der Waals surface area (Å²) in [6, 6.07) is 15.3. The Balaban J connectivity index is 1.29. The van der Waals surface area contributed by atoms with Crippen LogP contribution < -0.4 is 0 Å². The van der Waals surface area contributed by atoms with Gasteiger partial charge in [0.15, 0.2) is 0 Å². The lowest BCUT2D eigenvalue weighted by atomic mass is 9.87. The standard InChI is InChI=1S/C28H37FN2O/c1-21(24-12-14-26(29)15-13-24)30(2)28(32)25-10-8-22(9-11-25)20-23-16-18-31(19-17-23)27-6-4-3-5-7-27/h8-15,21,23,27H,3-7,16-20H2,1-2H3/t21-/m0/s1. The van der Waals surface area contributed by atoms with Crippen LogP contribution in [0.15, 0.2) is 48.5 Å². The molecule has 0 radical (unpaired) electrons. The van der Waals surface area contributed by atoms with Crippen molar-refractivity contribution in [2.24, 2.45) is 5.92 Å². The minimum atomic E-state index is -0.259. The van der Waals surface area contributed by atoms with Gasteiger partial charge in [0.25, 0.3) is 5.91 Å². The number of hydrogen-bond acceptors (Lipinski definition) is 2. The maximum atomic E-state index is 13.2. The molecule has 0 unspecified atom stereocenters. The van der Waals surface area contributed by atoms with E-state index in [1.807, 2.05) is 26.1 Å². The van der Waals surface area contributed by atoms with Gasteiger partial charge in [0.1, 0.15) is 5.82 Å². The van der Waals surface area contributed by atoms with E-state index in [1.54, 1.807) is 17.0 Å². The first kappa shape index (κ1) is 23.0. The van der Waals surface area contributed by atoms with Crippen LogP contribution in [0.3, 0.4) is 0 Å². The number of carbonyl (C=O) groups is 1. The molecular weight excluding hydrogens is 399 g/mol. The highest BCUT2D eigenvalue weighted by atomic mass is 19.1. The van der Waals surface area contributed by atoms with Gasteiger partial charge in [0.05, 0.1) is 6.04 Å². The largest absolute Gasteiger partial charge is 0.335 e. The van der Waals surface area contributed by atoms with Crippen molar-refractivity contribution in [1.82, 2.24) is 9.80 Å². The molecule has 1 aliphatic carbocycles. The first-order valence-corrected chi connectivity index (χ1v) is 12.4. The molecule has 2 aliphatic rings. The van der Waals surface area contributed by atoms with Gasteiger partial charge in [0.2, 0.25) is 0 Å². The van der Waals surface area contributed by atoms with Crippen molar-refractivity contribution in [2.75, 3.05) is 20.1 Å². The summed E-state index contributed by atoms with van der Waals surface area (Å²) in [5.41, 5.74) is 2.96. The Morgan fingerprint density at radius 2 is 1.59 bits per heavy atom. The lowest BCUT2D eigenvalue weighted by molar-refractivity contribution is 0.0742. The van der Waals surface area contributed by atoms with Crippen LogP contribution in [0.4, 0.5) is 4.39 Å². The Hall–Kier alpha value is -2.20. The second kappa shape index (κ2) is 10.6. The molecule has 1 saturated carbocycles. The fourth-order valence-corrected chi connectivity index (χ4v) is 5.43. The molecular formula is C28H37FN2O. The van der Waals surface area contributed by atoms with Crippen LogP contribution in [0, 0.1) is 11.7 Å². The van der Waals surface area contributed by atoms with Gasteiger partial charge in [0, 0.05) is 18.7 Å². The molecule has 1 heterocycles. The maximum absolute atomic E-state index is 13.2. The number of likely N-dealkylation sites (tertiary alicyclic amines) is 1. The first-order valence-electron chi connectivity index (χ1n) is 12.4. The average Bonchev–Trinajstić information content (AvgIpc) is 2.85. The van der Waals surface area contributed by atoms with Gasteiger partial charge in [-0.2, -0.15) is 0 Å². The summed E-state index contributed by atoms with van der Waals surface area (Å²) in [5.74, 6) is 0.483. The van der Waals surface area contributed by atoms with Gasteiger partial charge in [-0.15, -0.1) is 0 Å². The molecule has 1 aliphatic heterocycles. The molecule has 0 spiro atoms. The van der Waals surface area contributed by atoms with Crippen molar-refractivity contribution in [3.63, 3.8) is 0 Å². The summed E-state index contributed by atoms with van der Waals surface area (Å²) in [6.07, 6.45) is 10.7. The van der Waals surface area contributed by atoms with E-state index in [4.69, 9.17) is 0 Å². The molecule has 4 rings (SSSR count). The van der Waals surface area contributed by atoms with Crippen molar-refractivity contribution >= 4 is 5.91 Å². The average molecular weight is 437 g/mol. The van der Waals surface area contributed by atoms with E-state index in [-0.39, 0.29) is 17.8 Å². The topological polar surface area (TPSA) is 23.6 Å². The number of carbonyl (C=O) groups excluding carboxylic acids is 1. The van der Waals surface area contributed by atoms with Gasteiger partial charge >= 0.3 is 0 Å². The van der Waals surface area contributed by atoms with Gasteiger partial charge in [-0.3, -0.25) is 4.79 Å². The summed E-state index contributed by atoms with van der Waals surface area (Å²) >= 11 is 0. The Labute approximate surface area is 192 Å². The molecule has 0 bridgehead atoms. The third-order valence-electron chi connectivity index (χ3n) is 7.72. The van der Waals surface area contributed by atoms with E-state index in [1.165, 1.54) is 75.7 Å². The minimum Gasteiger partial charge on any atom is -0.335 e. The molecule has 2 aromatic carbocycles. The highest BCUT2D eigenvalue weighted by Gasteiger charge is 2.26. The zero-order valence-corrected chi connectivity index (χ0v) is 19.6. The highest BCUT2D eigenvalue weighted by Crippen LogP contribution is 2.29. The Morgan fingerprint density at radius 1 is 0.969 bits per heavy atom. The molecule has 1 amide bonds. The van der Waals surface area contributed by atoms with Crippen LogP contribution in [0.1, 0.15) is 79.4 Å². The smallest absolute Gasteiger partial charge is 0.254 e. The van der Waals surface area contributed by atoms with Crippen molar-refractivity contribution < 1.29 is 9.18 Å². The Kier molecular flexibility index (Phi) is 7.62. The lowest BCUT2D eigenvalue weighted by Gasteiger charge is -2.39. The molecule has 1 saturated heterocycles. The summed E-state index contributed by atoms with van der Waals surface area (Å²) in [7, 11) is 1.81. The van der Waals surface area contributed by atoms with Crippen LogP contribution in [-0.4, -0.2) is 41.9 Å². The van der Waals surface area contributed by atoms with E-state index >= 15 is 0 Å². The van der Waals surface area contributed by atoms with Gasteiger partial charge in [-0.25, -0.2) is 4.39 Å². The lowest BCUT2D eigenvalue weighted by Crippen LogP contribution is -2.42. The van der Waals surface area contributed by atoms with Crippen LogP contribution in [0.5, 0.6) is 0 Å². The second-order valence-corrected chi connectivity index (χ2v) is 9.82. The molecule has 0 aromatic heterocycles. The van der Waals surface area contributed by atoms with E-state index in [9.17, 15) is 9.18 Å². The predicted molar refractivity (Wildman–Crippen MR) is 128 cm³/mol. The van der Waals surface area contributed by atoms with Crippen LogP contribution in [0.2, 0.25) is 0 Å². The Morgan fingerprint density at radius 3 is 2.22 bits per heavy atom. The number of benzene rings is 2. The molecule has 0 N–H and O–H groups in total. The van der Waals surface area contributed by atoms with Gasteiger partial charge < -0.3 is 9.80 Å². The summed E-state index contributed by atoms with van der Waals surface area (Å²) < 4.78 is 13.2. The van der Waals surface area contributed by atoms with Crippen molar-refractivity contribution in [1.29, 1.82) is 0 Å². The number of piperidine rings is 1. The molecule has 2 fully saturated rings. The zero-order valence-electron chi connectivity index (χ0n) is 19.6. The number of rotatable bonds is 6. The molecule has 4 heteroatoms. The van der Waals surface area contributed by atoms with Crippen LogP contribution in [0.25, 0.3) is 0 Å². The van der Waals surface area contributed by atoms with Gasteiger partial charge in [-0.05, 0) is 93.4 Å². The second-order valence-electron chi connectivity index (χ2n) is 9.82. The number of nitrogens with zero attached hydrogens (tertiary/aromatic N) is 2.